The van der Waals surface area contributed by atoms with Crippen LogP contribution in [-0.4, -0.2) is 39.5 Å². The molecule has 0 aliphatic rings. The van der Waals surface area contributed by atoms with Crippen LogP contribution < -0.4 is 10.3 Å². The lowest BCUT2D eigenvalue weighted by atomic mass is 10.4. The minimum atomic E-state index is -3.78. The summed E-state index contributed by atoms with van der Waals surface area (Å²) in [7, 11) is -3.78. The monoisotopic (exact) mass is 380 g/mol. The van der Waals surface area contributed by atoms with Crippen molar-refractivity contribution >= 4 is 21.6 Å². The fraction of sp³-hybridized carbons (Fsp3) is 0.143. The topological polar surface area (TPSA) is 112 Å². The largest absolute Gasteiger partial charge is 0.268 e. The van der Waals surface area contributed by atoms with E-state index < -0.39 is 10.0 Å². The summed E-state index contributed by atoms with van der Waals surface area (Å²) in [6.07, 6.45) is 2.78. The first-order valence-electron chi connectivity index (χ1n) is 7.15. The first-order chi connectivity index (χ1) is 12.0. The van der Waals surface area contributed by atoms with E-state index in [0.717, 1.165) is 4.68 Å². The Kier molecular flexibility index (Phi) is 4.93. The van der Waals surface area contributed by atoms with Gasteiger partial charge in [-0.15, -0.1) is 5.10 Å². The van der Waals surface area contributed by atoms with Gasteiger partial charge in [0.2, 0.25) is 10.0 Å². The molecule has 0 fully saturated rings. The predicted octanol–water partition coefficient (Wildman–Crippen LogP) is 0.456. The minimum absolute atomic E-state index is 0.0201. The lowest BCUT2D eigenvalue weighted by molar-refractivity contribution is 0.542. The van der Waals surface area contributed by atoms with E-state index in [2.05, 4.69) is 19.9 Å². The van der Waals surface area contributed by atoms with Crippen LogP contribution in [0.2, 0.25) is 5.02 Å². The van der Waals surface area contributed by atoms with E-state index >= 15 is 0 Å². The Balaban J connectivity index is 1.73. The summed E-state index contributed by atoms with van der Waals surface area (Å²) >= 11 is 5.91. The minimum Gasteiger partial charge on any atom is -0.268 e. The summed E-state index contributed by atoms with van der Waals surface area (Å²) in [6.45, 7) is 0.0202. The maximum atomic E-state index is 12.3. The van der Waals surface area contributed by atoms with Crippen LogP contribution in [0.25, 0.3) is 5.82 Å². The van der Waals surface area contributed by atoms with Crippen molar-refractivity contribution in [3.05, 3.63) is 64.4 Å². The van der Waals surface area contributed by atoms with Gasteiger partial charge in [0.25, 0.3) is 5.56 Å². The van der Waals surface area contributed by atoms with Crippen LogP contribution >= 0.6 is 11.6 Å². The lowest BCUT2D eigenvalue weighted by Gasteiger charge is -2.09. The van der Waals surface area contributed by atoms with Gasteiger partial charge in [-0.05, 0) is 18.2 Å². The number of aromatic nitrogens is 5. The molecule has 9 nitrogen and oxygen atoms in total. The molecule has 0 aliphatic heterocycles. The van der Waals surface area contributed by atoms with Gasteiger partial charge in [0.1, 0.15) is 17.6 Å². The number of benzene rings is 1. The van der Waals surface area contributed by atoms with Crippen LogP contribution in [0.5, 0.6) is 0 Å². The Morgan fingerprint density at radius 1 is 1.16 bits per heavy atom. The van der Waals surface area contributed by atoms with E-state index in [1.807, 2.05) is 0 Å². The van der Waals surface area contributed by atoms with E-state index in [1.165, 1.54) is 41.6 Å². The van der Waals surface area contributed by atoms with Crippen molar-refractivity contribution < 1.29 is 8.42 Å². The third-order valence-electron chi connectivity index (χ3n) is 3.25. The summed E-state index contributed by atoms with van der Waals surface area (Å²) in [5, 5.41) is 8.18. The number of rotatable bonds is 6. The smallest absolute Gasteiger partial charge is 0.266 e. The molecule has 0 saturated carbocycles. The SMILES string of the molecule is O=c1ccc(-n2cncn2)nn1CCNS(=O)(=O)c1ccccc1Cl. The highest BCUT2D eigenvalue weighted by atomic mass is 35.5. The van der Waals surface area contributed by atoms with Crippen molar-refractivity contribution in [3.8, 4) is 5.82 Å². The fourth-order valence-electron chi connectivity index (χ4n) is 2.07. The third-order valence-corrected chi connectivity index (χ3v) is 5.21. The molecule has 25 heavy (non-hydrogen) atoms. The average molecular weight is 381 g/mol. The molecular formula is C14H13ClN6O3S. The van der Waals surface area contributed by atoms with Crippen molar-refractivity contribution in [3.63, 3.8) is 0 Å². The number of hydrogen-bond acceptors (Lipinski definition) is 6. The van der Waals surface area contributed by atoms with Crippen LogP contribution in [0.1, 0.15) is 0 Å². The molecule has 2 heterocycles. The Bertz CT molecular complexity index is 1030. The molecule has 0 aliphatic carbocycles. The summed E-state index contributed by atoms with van der Waals surface area (Å²) in [5.74, 6) is 0.395. The number of nitrogens with zero attached hydrogens (tertiary/aromatic N) is 5. The molecule has 3 aromatic rings. The van der Waals surface area contributed by atoms with Gasteiger partial charge >= 0.3 is 0 Å². The van der Waals surface area contributed by atoms with Crippen molar-refractivity contribution in [1.29, 1.82) is 0 Å². The first kappa shape index (κ1) is 17.3. The van der Waals surface area contributed by atoms with Gasteiger partial charge in [-0.2, -0.15) is 5.10 Å². The third kappa shape index (κ3) is 3.92. The van der Waals surface area contributed by atoms with Crippen molar-refractivity contribution in [2.75, 3.05) is 6.54 Å². The second kappa shape index (κ2) is 7.13. The highest BCUT2D eigenvalue weighted by Gasteiger charge is 2.16. The van der Waals surface area contributed by atoms with E-state index in [0.29, 0.717) is 5.82 Å². The quantitative estimate of drug-likeness (QED) is 0.664. The van der Waals surface area contributed by atoms with Crippen LogP contribution in [0.3, 0.4) is 0 Å². The Morgan fingerprint density at radius 2 is 1.96 bits per heavy atom. The first-order valence-corrected chi connectivity index (χ1v) is 9.01. The zero-order chi connectivity index (χ0) is 17.9. The second-order valence-corrected chi connectivity index (χ2v) is 7.06. The van der Waals surface area contributed by atoms with Crippen molar-refractivity contribution in [1.82, 2.24) is 29.3 Å². The summed E-state index contributed by atoms with van der Waals surface area (Å²) in [6, 6.07) is 8.94. The highest BCUT2D eigenvalue weighted by Crippen LogP contribution is 2.19. The lowest BCUT2D eigenvalue weighted by Crippen LogP contribution is -2.32. The molecule has 3 rings (SSSR count). The normalized spacial score (nSPS) is 11.6. The number of nitrogens with one attached hydrogen (secondary N) is 1. The molecule has 0 amide bonds. The summed E-state index contributed by atoms with van der Waals surface area (Å²) in [4.78, 5) is 15.7. The van der Waals surface area contributed by atoms with Gasteiger partial charge in [0, 0.05) is 12.6 Å². The fourth-order valence-corrected chi connectivity index (χ4v) is 3.61. The Labute approximate surface area is 147 Å². The average Bonchev–Trinajstić information content (AvgIpc) is 3.11. The molecule has 0 saturated heterocycles. The van der Waals surface area contributed by atoms with E-state index in [1.54, 1.807) is 12.1 Å². The zero-order valence-electron chi connectivity index (χ0n) is 12.8. The zero-order valence-corrected chi connectivity index (χ0v) is 14.4. The standard InChI is InChI=1S/C14H13ClN6O3S/c15-11-3-1-2-4-12(11)25(23,24)18-7-8-20-14(22)6-5-13(19-20)21-10-16-9-17-21/h1-6,9-10,18H,7-8H2. The molecule has 0 spiro atoms. The molecule has 1 aromatic carbocycles. The molecule has 0 radical (unpaired) electrons. The molecule has 0 atom stereocenters. The van der Waals surface area contributed by atoms with Crippen LogP contribution in [0, 0.1) is 0 Å². The Hall–Kier alpha value is -2.56. The molecule has 0 unspecified atom stereocenters. The van der Waals surface area contributed by atoms with Gasteiger partial charge in [-0.25, -0.2) is 27.5 Å². The summed E-state index contributed by atoms with van der Waals surface area (Å²) in [5.41, 5.74) is -0.360. The summed E-state index contributed by atoms with van der Waals surface area (Å²) < 4.78 is 29.4. The maximum Gasteiger partial charge on any atom is 0.266 e. The molecule has 11 heteroatoms. The van der Waals surface area contributed by atoms with Gasteiger partial charge in [-0.1, -0.05) is 23.7 Å². The van der Waals surface area contributed by atoms with Gasteiger partial charge < -0.3 is 0 Å². The predicted molar refractivity (Wildman–Crippen MR) is 90.1 cm³/mol. The molecule has 2 aromatic heterocycles. The van der Waals surface area contributed by atoms with E-state index in [9.17, 15) is 13.2 Å². The van der Waals surface area contributed by atoms with E-state index in [4.69, 9.17) is 11.6 Å². The maximum absolute atomic E-state index is 12.3. The van der Waals surface area contributed by atoms with Crippen molar-refractivity contribution in [2.45, 2.75) is 11.4 Å². The Morgan fingerprint density at radius 3 is 2.68 bits per heavy atom. The highest BCUT2D eigenvalue weighted by molar-refractivity contribution is 7.89. The second-order valence-electron chi connectivity index (χ2n) is 4.92. The van der Waals surface area contributed by atoms with Gasteiger partial charge in [0.05, 0.1) is 11.6 Å². The van der Waals surface area contributed by atoms with Gasteiger partial charge in [0.15, 0.2) is 5.82 Å². The number of hydrogen-bond donors (Lipinski definition) is 1. The van der Waals surface area contributed by atoms with Crippen molar-refractivity contribution in [2.24, 2.45) is 0 Å². The van der Waals surface area contributed by atoms with Gasteiger partial charge in [-0.3, -0.25) is 4.79 Å². The number of sulfonamides is 1. The molecule has 0 bridgehead atoms. The molecular weight excluding hydrogens is 368 g/mol. The molecule has 130 valence electrons. The number of halogens is 1. The van der Waals surface area contributed by atoms with Crippen LogP contribution in [0.15, 0.2) is 58.7 Å². The van der Waals surface area contributed by atoms with Crippen LogP contribution in [0.4, 0.5) is 0 Å². The molecule has 1 N–H and O–H groups in total. The van der Waals surface area contributed by atoms with E-state index in [-0.39, 0.29) is 28.6 Å². The van der Waals surface area contributed by atoms with Crippen LogP contribution in [-0.2, 0) is 16.6 Å².